The van der Waals surface area contributed by atoms with E-state index in [9.17, 15) is 0 Å². The lowest BCUT2D eigenvalue weighted by Gasteiger charge is -2.21. The van der Waals surface area contributed by atoms with Crippen LogP contribution in [0.15, 0.2) is 204 Å². The van der Waals surface area contributed by atoms with Gasteiger partial charge in [-0.1, -0.05) is 176 Å². The van der Waals surface area contributed by atoms with Crippen LogP contribution in [0.5, 0.6) is 0 Å². The Balaban J connectivity index is 0.970. The van der Waals surface area contributed by atoms with Crippen molar-refractivity contribution in [3.05, 3.63) is 233 Å². The van der Waals surface area contributed by atoms with Gasteiger partial charge in [-0.15, -0.1) is 0 Å². The summed E-state index contributed by atoms with van der Waals surface area (Å²) in [5.74, 6) is 1.16. The van der Waals surface area contributed by atoms with Crippen LogP contribution in [0.3, 0.4) is 0 Å². The molecular formula is C54H42N2. The monoisotopic (exact) mass is 718 g/mol. The molecular weight excluding hydrogens is 677 g/mol. The number of amidine groups is 1. The maximum atomic E-state index is 5.21. The van der Waals surface area contributed by atoms with Gasteiger partial charge >= 0.3 is 0 Å². The van der Waals surface area contributed by atoms with Crippen LogP contribution in [-0.4, -0.2) is 11.5 Å². The van der Waals surface area contributed by atoms with Gasteiger partial charge in [0.15, 0.2) is 5.84 Å². The molecule has 0 fully saturated rings. The minimum Gasteiger partial charge on any atom is -0.258 e. The van der Waals surface area contributed by atoms with Crippen molar-refractivity contribution >= 4 is 17.1 Å². The van der Waals surface area contributed by atoms with E-state index in [1.807, 2.05) is 0 Å². The van der Waals surface area contributed by atoms with Crippen LogP contribution < -0.4 is 0 Å². The first-order valence-electron chi connectivity index (χ1n) is 19.9. The molecule has 1 unspecified atom stereocenters. The predicted molar refractivity (Wildman–Crippen MR) is 234 cm³/mol. The summed E-state index contributed by atoms with van der Waals surface area (Å²) >= 11 is 0. The molecule has 0 aromatic heterocycles. The summed E-state index contributed by atoms with van der Waals surface area (Å²) in [4.78, 5) is 10.3. The van der Waals surface area contributed by atoms with Crippen molar-refractivity contribution in [1.82, 2.24) is 0 Å². The van der Waals surface area contributed by atoms with Gasteiger partial charge in [0.2, 0.25) is 0 Å². The van der Waals surface area contributed by atoms with E-state index in [1.165, 1.54) is 66.8 Å². The minimum absolute atomic E-state index is 0.0193. The third-order valence-electron chi connectivity index (χ3n) is 11.6. The largest absolute Gasteiger partial charge is 0.258 e. The highest BCUT2D eigenvalue weighted by molar-refractivity contribution is 6.14. The Morgan fingerprint density at radius 1 is 0.482 bits per heavy atom. The second kappa shape index (κ2) is 14.9. The lowest BCUT2D eigenvalue weighted by atomic mass is 9.88. The molecule has 1 heterocycles. The van der Waals surface area contributed by atoms with Crippen LogP contribution in [0.4, 0.5) is 0 Å². The van der Waals surface area contributed by atoms with E-state index in [4.69, 9.17) is 9.98 Å². The van der Waals surface area contributed by atoms with Crippen molar-refractivity contribution in [1.29, 1.82) is 0 Å². The fourth-order valence-corrected chi connectivity index (χ4v) is 8.71. The first-order chi connectivity index (χ1) is 27.7. The number of rotatable bonds is 8. The third kappa shape index (κ3) is 6.69. The van der Waals surface area contributed by atoms with Crippen LogP contribution in [0, 0.1) is 0 Å². The van der Waals surface area contributed by atoms with Gasteiger partial charge < -0.3 is 0 Å². The zero-order valence-corrected chi connectivity index (χ0v) is 31.4. The smallest absolute Gasteiger partial charge is 0.155 e. The van der Waals surface area contributed by atoms with E-state index in [0.717, 1.165) is 48.4 Å². The van der Waals surface area contributed by atoms with Crippen molar-refractivity contribution < 1.29 is 0 Å². The molecule has 0 amide bonds. The standard InChI is InChI=1S/C54H42N2/c1-4-14-38(15-5-1)44-33-45(39-26-24-37(25-27-39)32-51-49-22-12-10-20-47(49)48-21-11-13-23-50(48)51)35-46(34-44)40-28-30-43(31-29-40)54-55-52(41-16-6-2-7-17-41)36-53(56-54)42-18-8-3-9-19-42/h2-4,6-31,33-35,51-52H,1,5,32,36H2. The van der Waals surface area contributed by atoms with Crippen molar-refractivity contribution in [2.75, 3.05) is 0 Å². The molecule has 0 saturated carbocycles. The molecule has 0 N–H and O–H groups in total. The van der Waals surface area contributed by atoms with Gasteiger partial charge in [0.1, 0.15) is 0 Å². The molecule has 56 heavy (non-hydrogen) atoms. The first-order valence-corrected chi connectivity index (χ1v) is 19.9. The van der Waals surface area contributed by atoms with E-state index in [0.29, 0.717) is 5.92 Å². The fourth-order valence-electron chi connectivity index (χ4n) is 8.71. The number of allylic oxidation sites excluding steroid dienone is 4. The summed E-state index contributed by atoms with van der Waals surface area (Å²) in [6.45, 7) is 0. The average Bonchev–Trinajstić information content (AvgIpc) is 3.60. The Morgan fingerprint density at radius 2 is 1.05 bits per heavy atom. The van der Waals surface area contributed by atoms with Gasteiger partial charge in [0.05, 0.1) is 11.8 Å². The molecule has 0 saturated heterocycles. The molecule has 268 valence electrons. The molecule has 1 aliphatic heterocycles. The third-order valence-corrected chi connectivity index (χ3v) is 11.6. The number of hydrogen-bond donors (Lipinski definition) is 0. The van der Waals surface area contributed by atoms with Gasteiger partial charge in [-0.2, -0.15) is 0 Å². The van der Waals surface area contributed by atoms with Crippen molar-refractivity contribution in [3.8, 4) is 33.4 Å². The van der Waals surface area contributed by atoms with Crippen LogP contribution in [0.1, 0.15) is 70.2 Å². The zero-order valence-electron chi connectivity index (χ0n) is 31.4. The molecule has 0 bridgehead atoms. The Morgan fingerprint density at radius 3 is 1.70 bits per heavy atom. The minimum atomic E-state index is 0.0193. The first kappa shape index (κ1) is 33.9. The summed E-state index contributed by atoms with van der Waals surface area (Å²) in [6.07, 6.45) is 10.9. The van der Waals surface area contributed by atoms with E-state index in [1.54, 1.807) is 0 Å². The fraction of sp³-hybridized carbons (Fsp3) is 0.111. The molecule has 7 aromatic rings. The number of fused-ring (bicyclic) bond motifs is 3. The molecule has 2 nitrogen and oxygen atoms in total. The number of benzene rings is 7. The SMILES string of the molecule is C1=CC(c2cc(-c3ccc(CC4c5ccccc5-c5ccccc54)cc3)cc(-c3ccc(C4=NC(c5ccccc5)CC(c5ccccc5)=N4)cc3)c2)=CCC1. The van der Waals surface area contributed by atoms with Crippen LogP contribution in [-0.2, 0) is 6.42 Å². The van der Waals surface area contributed by atoms with Gasteiger partial charge in [0, 0.05) is 17.9 Å². The second-order valence-electron chi connectivity index (χ2n) is 15.2. The van der Waals surface area contributed by atoms with Crippen molar-refractivity contribution in [2.24, 2.45) is 9.98 Å². The van der Waals surface area contributed by atoms with Gasteiger partial charge in [-0.05, 0) is 110 Å². The highest BCUT2D eigenvalue weighted by atomic mass is 15.0. The van der Waals surface area contributed by atoms with E-state index in [2.05, 4.69) is 194 Å². The summed E-state index contributed by atoms with van der Waals surface area (Å²) in [5, 5.41) is 0. The summed E-state index contributed by atoms with van der Waals surface area (Å²) < 4.78 is 0. The Hall–Kier alpha value is -6.64. The lowest BCUT2D eigenvalue weighted by molar-refractivity contribution is 0.753. The van der Waals surface area contributed by atoms with Gasteiger partial charge in [0.25, 0.3) is 0 Å². The highest BCUT2D eigenvalue weighted by Crippen LogP contribution is 2.46. The number of aliphatic imine (C=N–C) groups is 2. The normalized spacial score (nSPS) is 16.1. The topological polar surface area (TPSA) is 24.7 Å². The molecule has 10 rings (SSSR count). The zero-order chi connectivity index (χ0) is 37.3. The molecule has 2 heteroatoms. The average molecular weight is 719 g/mol. The molecule has 1 atom stereocenters. The molecule has 2 aliphatic carbocycles. The van der Waals surface area contributed by atoms with Crippen LogP contribution in [0.2, 0.25) is 0 Å². The predicted octanol–water partition coefficient (Wildman–Crippen LogP) is 13.5. The molecule has 7 aromatic carbocycles. The van der Waals surface area contributed by atoms with E-state index < -0.39 is 0 Å². The van der Waals surface area contributed by atoms with Crippen LogP contribution >= 0.6 is 0 Å². The van der Waals surface area contributed by atoms with Crippen molar-refractivity contribution in [2.45, 2.75) is 37.6 Å². The van der Waals surface area contributed by atoms with E-state index >= 15 is 0 Å². The maximum Gasteiger partial charge on any atom is 0.155 e. The van der Waals surface area contributed by atoms with Gasteiger partial charge in [-0.3, -0.25) is 4.99 Å². The quantitative estimate of drug-likeness (QED) is 0.149. The highest BCUT2D eigenvalue weighted by Gasteiger charge is 2.28. The maximum absolute atomic E-state index is 5.21. The number of hydrogen-bond acceptors (Lipinski definition) is 2. The Bertz CT molecular complexity index is 2620. The summed E-state index contributed by atoms with van der Waals surface area (Å²) in [7, 11) is 0. The van der Waals surface area contributed by atoms with E-state index in [-0.39, 0.29) is 6.04 Å². The molecule has 0 radical (unpaired) electrons. The summed E-state index contributed by atoms with van der Waals surface area (Å²) in [5.41, 5.74) is 18.8. The summed E-state index contributed by atoms with van der Waals surface area (Å²) in [6, 6.07) is 64.1. The Kier molecular flexibility index (Phi) is 9.01. The Labute approximate surface area is 330 Å². The molecule has 0 spiro atoms. The lowest BCUT2D eigenvalue weighted by Crippen LogP contribution is -2.17. The van der Waals surface area contributed by atoms with Crippen molar-refractivity contribution in [3.63, 3.8) is 0 Å². The van der Waals surface area contributed by atoms with Crippen LogP contribution in [0.25, 0.3) is 39.0 Å². The molecule has 3 aliphatic rings. The second-order valence-corrected chi connectivity index (χ2v) is 15.2. The van der Waals surface area contributed by atoms with Gasteiger partial charge in [-0.25, -0.2) is 4.99 Å². The number of nitrogens with zero attached hydrogens (tertiary/aromatic N) is 2.